The summed E-state index contributed by atoms with van der Waals surface area (Å²) in [5.41, 5.74) is -0.265. The highest BCUT2D eigenvalue weighted by molar-refractivity contribution is 5.99. The Morgan fingerprint density at radius 1 is 0.893 bits per heavy atom. The number of hydrogen-bond acceptors (Lipinski definition) is 5. The molecule has 28 heavy (non-hydrogen) atoms. The molecule has 0 aliphatic heterocycles. The van der Waals surface area contributed by atoms with Crippen molar-refractivity contribution in [3.05, 3.63) is 64.7 Å². The molecule has 9 heteroatoms. The van der Waals surface area contributed by atoms with E-state index in [-0.39, 0.29) is 23.2 Å². The lowest BCUT2D eigenvalue weighted by atomic mass is 10.1. The Labute approximate surface area is 158 Å². The van der Waals surface area contributed by atoms with Crippen LogP contribution < -0.4 is 5.32 Å². The van der Waals surface area contributed by atoms with Crippen LogP contribution in [0.25, 0.3) is 0 Å². The molecule has 1 N–H and O–H groups in total. The number of alkyl halides is 3. The number of anilines is 1. The molecule has 0 aromatic heterocycles. The van der Waals surface area contributed by atoms with Gasteiger partial charge in [-0.1, -0.05) is 12.1 Å². The topological polar surface area (TPSA) is 81.7 Å². The van der Waals surface area contributed by atoms with Crippen molar-refractivity contribution in [1.29, 1.82) is 0 Å². The van der Waals surface area contributed by atoms with E-state index in [4.69, 9.17) is 0 Å². The van der Waals surface area contributed by atoms with E-state index >= 15 is 0 Å². The van der Waals surface area contributed by atoms with E-state index in [9.17, 15) is 27.6 Å². The van der Waals surface area contributed by atoms with E-state index in [2.05, 4.69) is 14.8 Å². The lowest BCUT2D eigenvalue weighted by Gasteiger charge is -2.10. The van der Waals surface area contributed by atoms with Gasteiger partial charge in [0, 0.05) is 5.69 Å². The molecule has 148 valence electrons. The second-order valence-corrected chi connectivity index (χ2v) is 5.70. The van der Waals surface area contributed by atoms with Crippen LogP contribution in [0.2, 0.25) is 0 Å². The van der Waals surface area contributed by atoms with Gasteiger partial charge in [0.05, 0.1) is 37.3 Å². The van der Waals surface area contributed by atoms with E-state index in [1.54, 1.807) is 0 Å². The monoisotopic (exact) mass is 395 g/mol. The minimum absolute atomic E-state index is 0.0234. The molecule has 0 heterocycles. The minimum atomic E-state index is -4.46. The lowest BCUT2D eigenvalue weighted by Crippen LogP contribution is -2.16. The summed E-state index contributed by atoms with van der Waals surface area (Å²) >= 11 is 0. The summed E-state index contributed by atoms with van der Waals surface area (Å²) in [4.78, 5) is 35.7. The fraction of sp³-hybridized carbons (Fsp3) is 0.211. The molecule has 0 fully saturated rings. The number of amides is 1. The van der Waals surface area contributed by atoms with Gasteiger partial charge < -0.3 is 14.8 Å². The maximum Gasteiger partial charge on any atom is 0.416 e. The highest BCUT2D eigenvalue weighted by atomic mass is 19.4. The van der Waals surface area contributed by atoms with Crippen molar-refractivity contribution in [3.63, 3.8) is 0 Å². The molecule has 0 saturated heterocycles. The number of rotatable bonds is 5. The van der Waals surface area contributed by atoms with Gasteiger partial charge in [-0.3, -0.25) is 4.79 Å². The molecule has 0 unspecified atom stereocenters. The smallest absolute Gasteiger partial charge is 0.416 e. The molecule has 0 spiro atoms. The number of methoxy groups -OCH3 is 2. The summed E-state index contributed by atoms with van der Waals surface area (Å²) in [5.74, 6) is -1.98. The van der Waals surface area contributed by atoms with E-state index in [1.165, 1.54) is 30.3 Å². The fourth-order valence-corrected chi connectivity index (χ4v) is 2.37. The van der Waals surface area contributed by atoms with Crippen molar-refractivity contribution in [2.24, 2.45) is 0 Å². The second-order valence-electron chi connectivity index (χ2n) is 5.70. The minimum Gasteiger partial charge on any atom is -0.465 e. The van der Waals surface area contributed by atoms with E-state index in [0.29, 0.717) is 5.56 Å². The van der Waals surface area contributed by atoms with Gasteiger partial charge in [-0.2, -0.15) is 13.2 Å². The molecule has 2 aromatic carbocycles. The quantitative estimate of drug-likeness (QED) is 0.785. The standard InChI is InChI=1S/C19H16F3NO5/c1-27-17(25)12-8-13(18(26)28-2)10-15(9-12)23-16(24)7-11-3-5-14(6-4-11)19(20,21)22/h3-6,8-10H,7H2,1-2H3,(H,23,24). The van der Waals surface area contributed by atoms with Gasteiger partial charge >= 0.3 is 18.1 Å². The third kappa shape index (κ3) is 5.32. The zero-order valence-corrected chi connectivity index (χ0v) is 14.9. The van der Waals surface area contributed by atoms with Gasteiger partial charge in [0.1, 0.15) is 0 Å². The Bertz CT molecular complexity index is 857. The van der Waals surface area contributed by atoms with E-state index < -0.39 is 29.6 Å². The number of halogens is 3. The summed E-state index contributed by atoms with van der Waals surface area (Å²) in [6, 6.07) is 8.04. The third-order valence-electron chi connectivity index (χ3n) is 3.70. The Balaban J connectivity index is 2.18. The second kappa shape index (κ2) is 8.55. The largest absolute Gasteiger partial charge is 0.465 e. The first kappa shape index (κ1) is 20.9. The Kier molecular flexibility index (Phi) is 6.40. The molecule has 0 aliphatic carbocycles. The number of ether oxygens (including phenoxy) is 2. The van der Waals surface area contributed by atoms with Crippen LogP contribution >= 0.6 is 0 Å². The Morgan fingerprint density at radius 2 is 1.39 bits per heavy atom. The summed E-state index contributed by atoms with van der Waals surface area (Å²) in [5, 5.41) is 2.50. The number of nitrogens with one attached hydrogen (secondary N) is 1. The molecule has 2 aromatic rings. The summed E-state index contributed by atoms with van der Waals surface area (Å²) in [6.45, 7) is 0. The summed E-state index contributed by atoms with van der Waals surface area (Å²) in [6.07, 6.45) is -4.66. The van der Waals surface area contributed by atoms with Crippen LogP contribution in [-0.4, -0.2) is 32.1 Å². The van der Waals surface area contributed by atoms with Crippen LogP contribution in [0.5, 0.6) is 0 Å². The van der Waals surface area contributed by atoms with Crippen molar-refractivity contribution < 1.29 is 37.0 Å². The zero-order valence-electron chi connectivity index (χ0n) is 14.9. The van der Waals surface area contributed by atoms with Crippen LogP contribution in [0.1, 0.15) is 31.8 Å². The summed E-state index contributed by atoms with van der Waals surface area (Å²) < 4.78 is 46.9. The van der Waals surface area contributed by atoms with Crippen molar-refractivity contribution >= 4 is 23.5 Å². The van der Waals surface area contributed by atoms with Crippen LogP contribution in [0, 0.1) is 0 Å². The molecule has 0 atom stereocenters. The first-order valence-corrected chi connectivity index (χ1v) is 7.91. The normalized spacial score (nSPS) is 10.9. The van der Waals surface area contributed by atoms with Gasteiger partial charge in [-0.05, 0) is 35.9 Å². The van der Waals surface area contributed by atoms with E-state index in [0.717, 1.165) is 26.4 Å². The molecular formula is C19H16F3NO5. The van der Waals surface area contributed by atoms with Gasteiger partial charge in [0.25, 0.3) is 0 Å². The predicted octanol–water partition coefficient (Wildman–Crippen LogP) is 3.46. The average molecular weight is 395 g/mol. The Morgan fingerprint density at radius 3 is 1.82 bits per heavy atom. The van der Waals surface area contributed by atoms with Crippen molar-refractivity contribution in [2.45, 2.75) is 12.6 Å². The van der Waals surface area contributed by atoms with Gasteiger partial charge in [-0.15, -0.1) is 0 Å². The van der Waals surface area contributed by atoms with Crippen LogP contribution in [-0.2, 0) is 26.9 Å². The zero-order chi connectivity index (χ0) is 20.9. The maximum absolute atomic E-state index is 12.6. The average Bonchev–Trinajstić information content (AvgIpc) is 2.65. The van der Waals surface area contributed by atoms with Crippen molar-refractivity contribution in [2.75, 3.05) is 19.5 Å². The molecule has 0 aliphatic rings. The molecular weight excluding hydrogens is 379 g/mol. The number of carbonyl (C=O) groups excluding carboxylic acids is 3. The van der Waals surface area contributed by atoms with Crippen molar-refractivity contribution in [1.82, 2.24) is 0 Å². The van der Waals surface area contributed by atoms with Gasteiger partial charge in [0.2, 0.25) is 5.91 Å². The number of carbonyl (C=O) groups is 3. The SMILES string of the molecule is COC(=O)c1cc(NC(=O)Cc2ccc(C(F)(F)F)cc2)cc(C(=O)OC)c1. The fourth-order valence-electron chi connectivity index (χ4n) is 2.37. The first-order valence-electron chi connectivity index (χ1n) is 7.91. The van der Waals surface area contributed by atoms with Crippen molar-refractivity contribution in [3.8, 4) is 0 Å². The van der Waals surface area contributed by atoms with E-state index in [1.807, 2.05) is 0 Å². The number of esters is 2. The highest BCUT2D eigenvalue weighted by Gasteiger charge is 2.30. The van der Waals surface area contributed by atoms with Gasteiger partial charge in [-0.25, -0.2) is 9.59 Å². The Hall–Kier alpha value is -3.36. The highest BCUT2D eigenvalue weighted by Crippen LogP contribution is 2.29. The van der Waals surface area contributed by atoms with Crippen LogP contribution in [0.4, 0.5) is 18.9 Å². The first-order chi connectivity index (χ1) is 13.1. The number of hydrogen-bond donors (Lipinski definition) is 1. The maximum atomic E-state index is 12.6. The summed E-state index contributed by atoms with van der Waals surface area (Å²) in [7, 11) is 2.33. The number of benzene rings is 2. The van der Waals surface area contributed by atoms with Crippen LogP contribution in [0.15, 0.2) is 42.5 Å². The predicted molar refractivity (Wildman–Crippen MR) is 92.9 cm³/mol. The molecule has 1 amide bonds. The molecule has 2 rings (SSSR count). The molecule has 0 saturated carbocycles. The van der Waals surface area contributed by atoms with Crippen LogP contribution in [0.3, 0.4) is 0 Å². The molecule has 0 radical (unpaired) electrons. The lowest BCUT2D eigenvalue weighted by molar-refractivity contribution is -0.137. The third-order valence-corrected chi connectivity index (χ3v) is 3.70. The van der Waals surface area contributed by atoms with Gasteiger partial charge in [0.15, 0.2) is 0 Å². The molecule has 6 nitrogen and oxygen atoms in total. The molecule has 0 bridgehead atoms.